The number of benzene rings is 2. The second-order valence-corrected chi connectivity index (χ2v) is 9.43. The molecule has 1 aromatic heterocycles. The van der Waals surface area contributed by atoms with Crippen LogP contribution in [0, 0.1) is 0 Å². The molecule has 9 heteroatoms. The van der Waals surface area contributed by atoms with Crippen LogP contribution in [0.3, 0.4) is 0 Å². The molecule has 0 bridgehead atoms. The number of ether oxygens (including phenoxy) is 2. The monoisotopic (exact) mass is 427 g/mol. The van der Waals surface area contributed by atoms with Crippen LogP contribution in [-0.4, -0.2) is 49.2 Å². The molecule has 1 aliphatic carbocycles. The van der Waals surface area contributed by atoms with Gasteiger partial charge < -0.3 is 14.0 Å². The predicted molar refractivity (Wildman–Crippen MR) is 108 cm³/mol. The Morgan fingerprint density at radius 2 is 1.67 bits per heavy atom. The number of hydrogen-bond acceptors (Lipinski definition) is 7. The third kappa shape index (κ3) is 3.66. The zero-order valence-corrected chi connectivity index (χ0v) is 17.2. The molecule has 0 N–H and O–H groups in total. The number of hydrogen-bond donors (Lipinski definition) is 0. The predicted octanol–water partition coefficient (Wildman–Crippen LogP) is 3.07. The van der Waals surface area contributed by atoms with Gasteiger partial charge in [0.2, 0.25) is 21.7 Å². The number of sulfonamides is 1. The molecular formula is C21H21N3O5S. The zero-order valence-electron chi connectivity index (χ0n) is 16.4. The summed E-state index contributed by atoms with van der Waals surface area (Å²) in [6.07, 6.45) is 2.04. The summed E-state index contributed by atoms with van der Waals surface area (Å²) in [5.74, 6) is 2.99. The van der Waals surface area contributed by atoms with Crippen molar-refractivity contribution in [3.8, 4) is 22.9 Å². The maximum Gasteiger partial charge on any atom is 0.243 e. The standard InChI is InChI=1S/C21H21N3O5S/c1-27-16-8-10-19(11-9-16)30(25,26)24-12-18(13-24)28-17-6-4-14(5-7-17)20-22-21(29-23-20)15-2-3-15/h4-11,15,18H,2-3,12-13H2,1H3. The molecule has 5 rings (SSSR count). The molecular weight excluding hydrogens is 406 g/mol. The van der Waals surface area contributed by atoms with Crippen molar-refractivity contribution in [2.75, 3.05) is 20.2 Å². The highest BCUT2D eigenvalue weighted by molar-refractivity contribution is 7.89. The van der Waals surface area contributed by atoms with E-state index in [0.29, 0.717) is 42.2 Å². The molecule has 156 valence electrons. The Bertz CT molecular complexity index is 1130. The van der Waals surface area contributed by atoms with Crippen LogP contribution in [0.25, 0.3) is 11.4 Å². The largest absolute Gasteiger partial charge is 0.497 e. The number of rotatable bonds is 7. The van der Waals surface area contributed by atoms with E-state index in [1.807, 2.05) is 24.3 Å². The fourth-order valence-electron chi connectivity index (χ4n) is 3.29. The minimum absolute atomic E-state index is 0.185. The smallest absolute Gasteiger partial charge is 0.243 e. The van der Waals surface area contributed by atoms with E-state index in [1.54, 1.807) is 31.4 Å². The van der Waals surface area contributed by atoms with E-state index >= 15 is 0 Å². The Labute approximate surface area is 174 Å². The number of nitrogens with zero attached hydrogens (tertiary/aromatic N) is 3. The van der Waals surface area contributed by atoms with Crippen molar-refractivity contribution in [3.63, 3.8) is 0 Å². The molecule has 2 fully saturated rings. The van der Waals surface area contributed by atoms with Gasteiger partial charge in [-0.1, -0.05) is 5.16 Å². The van der Waals surface area contributed by atoms with Gasteiger partial charge in [0.25, 0.3) is 0 Å². The Hall–Kier alpha value is -2.91. The van der Waals surface area contributed by atoms with E-state index in [0.717, 1.165) is 18.4 Å². The topological polar surface area (TPSA) is 94.8 Å². The van der Waals surface area contributed by atoms with Gasteiger partial charge in [-0.05, 0) is 61.4 Å². The van der Waals surface area contributed by atoms with Gasteiger partial charge >= 0.3 is 0 Å². The van der Waals surface area contributed by atoms with Crippen LogP contribution in [0.5, 0.6) is 11.5 Å². The molecule has 1 saturated heterocycles. The summed E-state index contributed by atoms with van der Waals surface area (Å²) < 4.78 is 43.0. The zero-order chi connectivity index (χ0) is 20.7. The van der Waals surface area contributed by atoms with Crippen molar-refractivity contribution >= 4 is 10.0 Å². The van der Waals surface area contributed by atoms with Gasteiger partial charge in [0, 0.05) is 11.5 Å². The highest BCUT2D eigenvalue weighted by atomic mass is 32.2. The Kier molecular flexibility index (Phi) is 4.71. The summed E-state index contributed by atoms with van der Waals surface area (Å²) in [4.78, 5) is 4.68. The quantitative estimate of drug-likeness (QED) is 0.572. The lowest BCUT2D eigenvalue weighted by Gasteiger charge is -2.37. The third-order valence-corrected chi connectivity index (χ3v) is 7.14. The fourth-order valence-corrected chi connectivity index (χ4v) is 4.80. The summed E-state index contributed by atoms with van der Waals surface area (Å²) in [7, 11) is -1.98. The lowest BCUT2D eigenvalue weighted by atomic mass is 10.2. The van der Waals surface area contributed by atoms with E-state index in [1.165, 1.54) is 4.31 Å². The molecule has 3 aromatic rings. The van der Waals surface area contributed by atoms with Crippen LogP contribution in [0.1, 0.15) is 24.7 Å². The first-order valence-corrected chi connectivity index (χ1v) is 11.2. The lowest BCUT2D eigenvalue weighted by molar-refractivity contribution is 0.0762. The summed E-state index contributed by atoms with van der Waals surface area (Å²) in [5.41, 5.74) is 0.857. The van der Waals surface area contributed by atoms with Crippen LogP contribution < -0.4 is 9.47 Å². The molecule has 0 amide bonds. The molecule has 0 unspecified atom stereocenters. The first-order valence-electron chi connectivity index (χ1n) is 9.78. The molecule has 2 aromatic carbocycles. The Morgan fingerprint density at radius 3 is 2.30 bits per heavy atom. The van der Waals surface area contributed by atoms with Gasteiger partial charge in [0.15, 0.2) is 0 Å². The second kappa shape index (κ2) is 7.41. The molecule has 1 aliphatic heterocycles. The summed E-state index contributed by atoms with van der Waals surface area (Å²) >= 11 is 0. The maximum absolute atomic E-state index is 12.7. The van der Waals surface area contributed by atoms with Crippen molar-refractivity contribution in [2.45, 2.75) is 29.8 Å². The number of methoxy groups -OCH3 is 1. The van der Waals surface area contributed by atoms with Crippen molar-refractivity contribution < 1.29 is 22.4 Å². The van der Waals surface area contributed by atoms with E-state index in [-0.39, 0.29) is 11.0 Å². The summed E-state index contributed by atoms with van der Waals surface area (Å²) in [6, 6.07) is 13.8. The molecule has 2 aliphatic rings. The number of aromatic nitrogens is 2. The molecule has 2 heterocycles. The maximum atomic E-state index is 12.7. The average Bonchev–Trinajstić information content (AvgIpc) is 3.47. The van der Waals surface area contributed by atoms with Gasteiger partial charge in [-0.3, -0.25) is 0 Å². The highest BCUT2D eigenvalue weighted by Crippen LogP contribution is 2.39. The minimum Gasteiger partial charge on any atom is -0.497 e. The molecule has 1 saturated carbocycles. The van der Waals surface area contributed by atoms with E-state index in [2.05, 4.69) is 10.1 Å². The molecule has 8 nitrogen and oxygen atoms in total. The van der Waals surface area contributed by atoms with Crippen LogP contribution in [-0.2, 0) is 10.0 Å². The van der Waals surface area contributed by atoms with Gasteiger partial charge in [-0.2, -0.15) is 9.29 Å². The van der Waals surface area contributed by atoms with Gasteiger partial charge in [0.05, 0.1) is 25.1 Å². The SMILES string of the molecule is COc1ccc(S(=O)(=O)N2CC(Oc3ccc(-c4noc(C5CC5)n4)cc3)C2)cc1. The van der Waals surface area contributed by atoms with Crippen LogP contribution >= 0.6 is 0 Å². The van der Waals surface area contributed by atoms with Crippen LogP contribution in [0.2, 0.25) is 0 Å². The molecule has 0 radical (unpaired) electrons. The fraction of sp³-hybridized carbons (Fsp3) is 0.333. The normalized spacial score (nSPS) is 17.5. The van der Waals surface area contributed by atoms with Crippen LogP contribution in [0.4, 0.5) is 0 Å². The average molecular weight is 427 g/mol. The minimum atomic E-state index is -3.52. The van der Waals surface area contributed by atoms with Gasteiger partial charge in [-0.25, -0.2) is 8.42 Å². The molecule has 0 spiro atoms. The molecule has 30 heavy (non-hydrogen) atoms. The molecule has 0 atom stereocenters. The van der Waals surface area contributed by atoms with Gasteiger partial charge in [-0.15, -0.1) is 0 Å². The van der Waals surface area contributed by atoms with Crippen LogP contribution in [0.15, 0.2) is 57.9 Å². The van der Waals surface area contributed by atoms with Gasteiger partial charge in [0.1, 0.15) is 17.6 Å². The van der Waals surface area contributed by atoms with E-state index < -0.39 is 10.0 Å². The Morgan fingerprint density at radius 1 is 1.00 bits per heavy atom. The van der Waals surface area contributed by atoms with Crippen molar-refractivity contribution in [3.05, 3.63) is 54.4 Å². The first-order chi connectivity index (χ1) is 14.5. The highest BCUT2D eigenvalue weighted by Gasteiger charge is 2.38. The summed E-state index contributed by atoms with van der Waals surface area (Å²) in [5, 5.41) is 4.03. The van der Waals surface area contributed by atoms with Crippen molar-refractivity contribution in [2.24, 2.45) is 0 Å². The lowest BCUT2D eigenvalue weighted by Crippen LogP contribution is -2.55. The van der Waals surface area contributed by atoms with Crippen molar-refractivity contribution in [1.82, 2.24) is 14.4 Å². The first kappa shape index (κ1) is 19.1. The van der Waals surface area contributed by atoms with E-state index in [4.69, 9.17) is 14.0 Å². The van der Waals surface area contributed by atoms with Crippen molar-refractivity contribution in [1.29, 1.82) is 0 Å². The second-order valence-electron chi connectivity index (χ2n) is 7.49. The Balaban J connectivity index is 1.18. The van der Waals surface area contributed by atoms with E-state index in [9.17, 15) is 8.42 Å². The summed E-state index contributed by atoms with van der Waals surface area (Å²) in [6.45, 7) is 0.622. The third-order valence-electron chi connectivity index (χ3n) is 5.30.